The number of rotatable bonds is 9. The van der Waals surface area contributed by atoms with Crippen molar-refractivity contribution in [2.75, 3.05) is 42.9 Å². The van der Waals surface area contributed by atoms with Crippen molar-refractivity contribution in [3.63, 3.8) is 0 Å². The summed E-state index contributed by atoms with van der Waals surface area (Å²) < 4.78 is 4.58. The van der Waals surface area contributed by atoms with Gasteiger partial charge in [-0.05, 0) is 67.8 Å². The molecule has 1 aromatic heterocycles. The van der Waals surface area contributed by atoms with Gasteiger partial charge in [0, 0.05) is 48.0 Å². The Balaban J connectivity index is 1.31. The second kappa shape index (κ2) is 13.2. The molecule has 44 heavy (non-hydrogen) atoms. The summed E-state index contributed by atoms with van der Waals surface area (Å²) >= 11 is 5.69. The van der Waals surface area contributed by atoms with Crippen molar-refractivity contribution in [3.8, 4) is 0 Å². The first-order chi connectivity index (χ1) is 21.4. The standard InChI is InChI=1S/C33H37BClN8O/c1-39(21-24-8-4-2-5-9-24)22-26(36)23-41(37)32-17-15-29-33(25-10-12-27(13-11-25)38-30(44)20-35)28-14-16-31(42(28)34-43(29)32)40-18-6-3-7-19-40/h2,4-5,8-17,23H,3,6-7,18-22,36-37H2,1H3/p+1. The topological polar surface area (TPSA) is 98.8 Å². The Bertz CT molecular complexity index is 1640. The summed E-state index contributed by atoms with van der Waals surface area (Å²) in [6.07, 6.45) is 9.83. The van der Waals surface area contributed by atoms with E-state index in [9.17, 15) is 4.79 Å². The maximum atomic E-state index is 11.8. The van der Waals surface area contributed by atoms with Gasteiger partial charge in [-0.3, -0.25) is 24.1 Å². The molecule has 2 aromatic carbocycles. The molecule has 0 spiro atoms. The monoisotopic (exact) mass is 608 g/mol. The van der Waals surface area contributed by atoms with Crippen LogP contribution in [0.2, 0.25) is 0 Å². The van der Waals surface area contributed by atoms with Crippen LogP contribution in [0.4, 0.5) is 11.5 Å². The number of amidine groups is 1. The highest BCUT2D eigenvalue weighted by Gasteiger charge is 2.40. The minimum absolute atomic E-state index is 0.0874. The molecule has 0 aliphatic carbocycles. The number of fused-ring (bicyclic) bond motifs is 2. The quantitative estimate of drug-likeness (QED) is 0.112. The fourth-order valence-corrected chi connectivity index (χ4v) is 6.19. The van der Waals surface area contributed by atoms with Gasteiger partial charge in [0.15, 0.2) is 0 Å². The Labute approximate surface area is 264 Å². The first kappa shape index (κ1) is 29.8. The van der Waals surface area contributed by atoms with Crippen LogP contribution in [0.5, 0.6) is 0 Å². The van der Waals surface area contributed by atoms with E-state index in [1.54, 1.807) is 11.2 Å². The number of alkyl halides is 1. The molecular formula is C33H38BClN8O+. The van der Waals surface area contributed by atoms with Gasteiger partial charge in [-0.1, -0.05) is 42.5 Å². The first-order valence-electron chi connectivity index (χ1n) is 15.0. The van der Waals surface area contributed by atoms with Gasteiger partial charge in [-0.2, -0.15) is 0 Å². The van der Waals surface area contributed by atoms with E-state index in [-0.39, 0.29) is 11.8 Å². The lowest BCUT2D eigenvalue weighted by molar-refractivity contribution is -0.539. The van der Waals surface area contributed by atoms with Crippen molar-refractivity contribution in [2.24, 2.45) is 11.6 Å². The summed E-state index contributed by atoms with van der Waals surface area (Å²) in [6, 6.07) is 22.3. The lowest BCUT2D eigenvalue weighted by Gasteiger charge is -2.28. The lowest BCUT2D eigenvalue weighted by Crippen LogP contribution is -2.44. The van der Waals surface area contributed by atoms with E-state index in [1.165, 1.54) is 24.8 Å². The average molecular weight is 609 g/mol. The second-order valence-corrected chi connectivity index (χ2v) is 11.7. The number of likely N-dealkylation sites (N-methyl/N-ethyl adjacent to an activating group) is 1. The number of hydrazine groups is 1. The highest BCUT2D eigenvalue weighted by molar-refractivity contribution is 6.41. The molecule has 4 heterocycles. The van der Waals surface area contributed by atoms with Crippen molar-refractivity contribution < 1.29 is 9.37 Å². The van der Waals surface area contributed by atoms with Crippen LogP contribution in [-0.4, -0.2) is 70.6 Å². The zero-order valence-corrected chi connectivity index (χ0v) is 25.8. The number of amides is 1. The molecule has 1 radical (unpaired) electrons. The molecule has 3 aliphatic heterocycles. The van der Waals surface area contributed by atoms with E-state index in [0.717, 1.165) is 53.8 Å². The number of piperidine rings is 1. The SMILES string of the molecule is CN(CC(N)=CN(N)c1ccc2n1[B]N1C(=C2c2ccc(NC(=O)CCl)cc2)C=CC1=[N+]1CCCCC1)Cc1ccccc1. The van der Waals surface area contributed by atoms with E-state index in [2.05, 4.69) is 62.0 Å². The van der Waals surface area contributed by atoms with Gasteiger partial charge in [0.2, 0.25) is 5.91 Å². The summed E-state index contributed by atoms with van der Waals surface area (Å²) in [5, 5.41) is 4.42. The molecule has 6 rings (SSSR count). The molecule has 1 amide bonds. The van der Waals surface area contributed by atoms with Crippen molar-refractivity contribution in [3.05, 3.63) is 113 Å². The number of benzene rings is 2. The van der Waals surface area contributed by atoms with Gasteiger partial charge in [0.25, 0.3) is 5.84 Å². The van der Waals surface area contributed by atoms with Crippen molar-refractivity contribution in [1.82, 2.24) is 14.2 Å². The van der Waals surface area contributed by atoms with Crippen molar-refractivity contribution in [2.45, 2.75) is 25.8 Å². The molecule has 225 valence electrons. The molecule has 1 saturated heterocycles. The number of allylic oxidation sites excluding steroid dienone is 1. The van der Waals surface area contributed by atoms with Gasteiger partial charge in [0.1, 0.15) is 17.4 Å². The highest BCUT2D eigenvalue weighted by atomic mass is 35.5. The number of nitrogens with zero attached hydrogens (tertiary/aromatic N) is 5. The fourth-order valence-electron chi connectivity index (χ4n) is 6.12. The van der Waals surface area contributed by atoms with Gasteiger partial charge < -0.3 is 15.5 Å². The summed E-state index contributed by atoms with van der Waals surface area (Å²) in [6.45, 7) is 3.43. The molecular weight excluding hydrogens is 571 g/mol. The van der Waals surface area contributed by atoms with Crippen molar-refractivity contribution >= 4 is 48.0 Å². The van der Waals surface area contributed by atoms with E-state index in [1.807, 2.05) is 55.6 Å². The Morgan fingerprint density at radius 3 is 2.52 bits per heavy atom. The van der Waals surface area contributed by atoms with E-state index in [4.69, 9.17) is 23.2 Å². The van der Waals surface area contributed by atoms with Crippen LogP contribution in [0.25, 0.3) is 5.57 Å². The Morgan fingerprint density at radius 2 is 1.80 bits per heavy atom. The molecule has 11 heteroatoms. The molecule has 3 aliphatic rings. The fraction of sp³-hybridized carbons (Fsp3) is 0.273. The van der Waals surface area contributed by atoms with Gasteiger partial charge in [-0.15, -0.1) is 11.6 Å². The zero-order chi connectivity index (χ0) is 30.6. The van der Waals surface area contributed by atoms with Gasteiger partial charge >= 0.3 is 7.55 Å². The first-order valence-corrected chi connectivity index (χ1v) is 15.5. The molecule has 0 bridgehead atoms. The smallest absolute Gasteiger partial charge is 0.400 e. The summed E-state index contributed by atoms with van der Waals surface area (Å²) in [5.74, 6) is 8.30. The summed E-state index contributed by atoms with van der Waals surface area (Å²) in [4.78, 5) is 16.3. The van der Waals surface area contributed by atoms with Crippen LogP contribution in [0.1, 0.15) is 36.1 Å². The van der Waals surface area contributed by atoms with Gasteiger partial charge in [0.05, 0.1) is 13.1 Å². The third-order valence-electron chi connectivity index (χ3n) is 8.11. The van der Waals surface area contributed by atoms with Crippen molar-refractivity contribution in [1.29, 1.82) is 0 Å². The molecule has 5 N–H and O–H groups in total. The number of nitrogens with two attached hydrogens (primary N) is 2. The number of aromatic nitrogens is 1. The maximum absolute atomic E-state index is 11.8. The van der Waals surface area contributed by atoms with Crippen LogP contribution in [-0.2, 0) is 11.3 Å². The molecule has 0 unspecified atom stereocenters. The van der Waals surface area contributed by atoms with Crippen LogP contribution in [0, 0.1) is 0 Å². The predicted octanol–water partition coefficient (Wildman–Crippen LogP) is 3.90. The maximum Gasteiger partial charge on any atom is 0.553 e. The van der Waals surface area contributed by atoms with Crippen LogP contribution < -0.4 is 21.9 Å². The van der Waals surface area contributed by atoms with E-state index >= 15 is 0 Å². The lowest BCUT2D eigenvalue weighted by atomic mass is 9.91. The minimum atomic E-state index is -0.237. The number of carbonyl (C=O) groups is 1. The molecule has 0 atom stereocenters. The molecule has 0 saturated carbocycles. The minimum Gasteiger partial charge on any atom is -0.400 e. The molecule has 1 fully saturated rings. The normalized spacial score (nSPS) is 16.3. The Hall–Kier alpha value is -4.25. The van der Waals surface area contributed by atoms with Crippen LogP contribution >= 0.6 is 11.6 Å². The average Bonchev–Trinajstić information content (AvgIpc) is 3.65. The number of nitrogens with one attached hydrogen (secondary N) is 1. The predicted molar refractivity (Wildman–Crippen MR) is 179 cm³/mol. The molecule has 9 nitrogen and oxygen atoms in total. The Kier molecular flexibility index (Phi) is 8.93. The second-order valence-electron chi connectivity index (χ2n) is 11.5. The largest absolute Gasteiger partial charge is 0.553 e. The number of halogens is 1. The van der Waals surface area contributed by atoms with Crippen LogP contribution in [0.15, 0.2) is 96.5 Å². The van der Waals surface area contributed by atoms with E-state index in [0.29, 0.717) is 17.9 Å². The highest BCUT2D eigenvalue weighted by Crippen LogP contribution is 2.38. The zero-order valence-electron chi connectivity index (χ0n) is 25.0. The van der Waals surface area contributed by atoms with Crippen LogP contribution in [0.3, 0.4) is 0 Å². The third-order valence-corrected chi connectivity index (χ3v) is 8.36. The summed E-state index contributed by atoms with van der Waals surface area (Å²) in [5.41, 5.74) is 13.3. The summed E-state index contributed by atoms with van der Waals surface area (Å²) in [7, 11) is 4.17. The number of anilines is 2. The number of hydrogen-bond acceptors (Lipinski definition) is 5. The van der Waals surface area contributed by atoms with Gasteiger partial charge in [-0.25, -0.2) is 5.84 Å². The number of carbonyl (C=O) groups excluding carboxylic acids is 1. The number of hydrogen-bond donors (Lipinski definition) is 3. The third kappa shape index (κ3) is 6.33. The Morgan fingerprint density at radius 1 is 1.05 bits per heavy atom. The molecule has 3 aromatic rings. The van der Waals surface area contributed by atoms with E-state index < -0.39 is 0 Å².